The number of ketones is 1. The highest BCUT2D eigenvalue weighted by Gasteiger charge is 2.50. The number of carbonyl (C=O) groups is 3. The van der Waals surface area contributed by atoms with Gasteiger partial charge in [-0.05, 0) is 30.7 Å². The van der Waals surface area contributed by atoms with Crippen LogP contribution in [0.2, 0.25) is 0 Å². The van der Waals surface area contributed by atoms with Crippen LogP contribution in [0.25, 0.3) is 0 Å². The lowest BCUT2D eigenvalue weighted by molar-refractivity contribution is -0.141. The molecule has 1 heterocycles. The van der Waals surface area contributed by atoms with E-state index in [4.69, 9.17) is 9.47 Å². The quantitative estimate of drug-likeness (QED) is 0.514. The number of esters is 2. The molecule has 1 aliphatic carbocycles. The number of rotatable bonds is 6. The van der Waals surface area contributed by atoms with Crippen LogP contribution in [-0.4, -0.2) is 29.9 Å². The average Bonchev–Trinajstić information content (AvgIpc) is 3.27. The van der Waals surface area contributed by atoms with Crippen LogP contribution in [0.15, 0.2) is 66.7 Å². The molecule has 4 rings (SSSR count). The van der Waals surface area contributed by atoms with E-state index < -0.39 is 12.1 Å². The summed E-state index contributed by atoms with van der Waals surface area (Å²) in [5, 5.41) is 0. The molecule has 5 nitrogen and oxygen atoms in total. The van der Waals surface area contributed by atoms with E-state index in [1.807, 2.05) is 50.3 Å². The summed E-state index contributed by atoms with van der Waals surface area (Å²) in [5.41, 5.74) is 2.54. The Morgan fingerprint density at radius 1 is 1.13 bits per heavy atom. The fraction of sp³-hybridized carbons (Fsp3) is 0.346. The Bertz CT molecular complexity index is 1010. The van der Waals surface area contributed by atoms with Gasteiger partial charge in [-0.3, -0.25) is 9.59 Å². The third-order valence-corrected chi connectivity index (χ3v) is 6.27. The van der Waals surface area contributed by atoms with Crippen molar-refractivity contribution in [2.45, 2.75) is 44.8 Å². The largest absolute Gasteiger partial charge is 0.462 e. The number of benzene rings is 2. The van der Waals surface area contributed by atoms with Crippen molar-refractivity contribution in [3.05, 3.63) is 83.4 Å². The molecule has 0 radical (unpaired) electrons. The van der Waals surface area contributed by atoms with Crippen molar-refractivity contribution in [1.82, 2.24) is 0 Å². The normalized spacial score (nSPS) is 25.8. The van der Waals surface area contributed by atoms with Crippen LogP contribution >= 0.6 is 0 Å². The van der Waals surface area contributed by atoms with Gasteiger partial charge in [-0.1, -0.05) is 61.0 Å². The second-order valence-electron chi connectivity index (χ2n) is 8.42. The molecule has 1 saturated carbocycles. The number of hydrogen-bond donors (Lipinski definition) is 0. The van der Waals surface area contributed by atoms with Crippen molar-refractivity contribution in [2.24, 2.45) is 11.8 Å². The minimum Gasteiger partial charge on any atom is -0.462 e. The summed E-state index contributed by atoms with van der Waals surface area (Å²) in [6, 6.07) is 16.7. The highest BCUT2D eigenvalue weighted by Crippen LogP contribution is 2.43. The SMILES string of the molecule is Cc1cccc(C(C)C(=O)C=CC2C(OC(=O)c3ccccc3)CC3OC(=O)CC32)c1. The first-order valence-corrected chi connectivity index (χ1v) is 10.7. The van der Waals surface area contributed by atoms with E-state index in [0.29, 0.717) is 12.0 Å². The van der Waals surface area contributed by atoms with Crippen molar-refractivity contribution in [1.29, 1.82) is 0 Å². The van der Waals surface area contributed by atoms with E-state index in [2.05, 4.69) is 0 Å². The van der Waals surface area contributed by atoms with Crippen molar-refractivity contribution in [3.8, 4) is 0 Å². The highest BCUT2D eigenvalue weighted by molar-refractivity contribution is 5.95. The number of ether oxygens (including phenoxy) is 2. The molecule has 1 aliphatic heterocycles. The van der Waals surface area contributed by atoms with Gasteiger partial charge in [-0.2, -0.15) is 0 Å². The fourth-order valence-electron chi connectivity index (χ4n) is 4.52. The van der Waals surface area contributed by atoms with Gasteiger partial charge < -0.3 is 9.47 Å². The maximum Gasteiger partial charge on any atom is 0.338 e. The van der Waals surface area contributed by atoms with Crippen molar-refractivity contribution in [2.75, 3.05) is 0 Å². The van der Waals surface area contributed by atoms with Crippen LogP contribution in [0.3, 0.4) is 0 Å². The van der Waals surface area contributed by atoms with E-state index in [1.54, 1.807) is 30.3 Å². The summed E-state index contributed by atoms with van der Waals surface area (Å²) >= 11 is 0. The van der Waals surface area contributed by atoms with Crippen LogP contribution in [-0.2, 0) is 19.1 Å². The first-order valence-electron chi connectivity index (χ1n) is 10.7. The molecule has 0 amide bonds. The lowest BCUT2D eigenvalue weighted by Gasteiger charge is -2.20. The Hall–Kier alpha value is -3.21. The molecular formula is C26H26O5. The van der Waals surface area contributed by atoms with Crippen LogP contribution in [0.1, 0.15) is 47.2 Å². The second kappa shape index (κ2) is 8.88. The van der Waals surface area contributed by atoms with Crippen LogP contribution in [0.4, 0.5) is 0 Å². The maximum atomic E-state index is 12.8. The van der Waals surface area contributed by atoms with Crippen molar-refractivity contribution in [3.63, 3.8) is 0 Å². The molecule has 160 valence electrons. The molecule has 31 heavy (non-hydrogen) atoms. The zero-order valence-electron chi connectivity index (χ0n) is 17.7. The summed E-state index contributed by atoms with van der Waals surface area (Å²) in [5.74, 6) is -1.26. The molecule has 1 saturated heterocycles. The lowest BCUT2D eigenvalue weighted by Crippen LogP contribution is -2.25. The minimum atomic E-state index is -0.436. The Morgan fingerprint density at radius 2 is 1.90 bits per heavy atom. The fourth-order valence-corrected chi connectivity index (χ4v) is 4.52. The smallest absolute Gasteiger partial charge is 0.338 e. The zero-order valence-corrected chi connectivity index (χ0v) is 17.7. The monoisotopic (exact) mass is 418 g/mol. The molecule has 5 atom stereocenters. The molecular weight excluding hydrogens is 392 g/mol. The zero-order chi connectivity index (χ0) is 22.0. The average molecular weight is 418 g/mol. The van der Waals surface area contributed by atoms with Gasteiger partial charge in [-0.25, -0.2) is 4.79 Å². The van der Waals surface area contributed by atoms with Gasteiger partial charge in [0.1, 0.15) is 12.2 Å². The van der Waals surface area contributed by atoms with Gasteiger partial charge in [0.15, 0.2) is 5.78 Å². The summed E-state index contributed by atoms with van der Waals surface area (Å²) in [6.45, 7) is 3.88. The summed E-state index contributed by atoms with van der Waals surface area (Å²) in [4.78, 5) is 37.2. The minimum absolute atomic E-state index is 0.0209. The van der Waals surface area contributed by atoms with E-state index in [0.717, 1.165) is 11.1 Å². The number of carbonyl (C=O) groups excluding carboxylic acids is 3. The molecule has 2 aromatic carbocycles. The predicted octanol–water partition coefficient (Wildman–Crippen LogP) is 4.40. The standard InChI is InChI=1S/C26H26O5/c1-16-7-6-10-19(13-16)17(2)22(27)12-11-20-21-14-25(28)30-24(21)15-23(20)31-26(29)18-8-4-3-5-9-18/h3-13,17,20-21,23-24H,14-15H2,1-2H3. The summed E-state index contributed by atoms with van der Waals surface area (Å²) in [7, 11) is 0. The number of hydrogen-bond acceptors (Lipinski definition) is 5. The second-order valence-corrected chi connectivity index (χ2v) is 8.42. The molecule has 0 spiro atoms. The van der Waals surface area contributed by atoms with Crippen LogP contribution < -0.4 is 0 Å². The van der Waals surface area contributed by atoms with Crippen LogP contribution in [0, 0.1) is 18.8 Å². The maximum absolute atomic E-state index is 12.8. The van der Waals surface area contributed by atoms with Gasteiger partial charge in [0.25, 0.3) is 0 Å². The Balaban J connectivity index is 1.50. The van der Waals surface area contributed by atoms with Crippen LogP contribution in [0.5, 0.6) is 0 Å². The van der Waals surface area contributed by atoms with Gasteiger partial charge in [0.2, 0.25) is 0 Å². The topological polar surface area (TPSA) is 69.7 Å². The molecule has 0 aromatic heterocycles. The van der Waals surface area contributed by atoms with Gasteiger partial charge >= 0.3 is 11.9 Å². The molecule has 5 unspecified atom stereocenters. The molecule has 0 bridgehead atoms. The predicted molar refractivity (Wildman–Crippen MR) is 115 cm³/mol. The molecule has 2 fully saturated rings. The van der Waals surface area contributed by atoms with Crippen molar-refractivity contribution < 1.29 is 23.9 Å². The number of allylic oxidation sites excluding steroid dienone is 1. The third-order valence-electron chi connectivity index (χ3n) is 6.27. The summed E-state index contributed by atoms with van der Waals surface area (Å²) < 4.78 is 11.2. The number of aryl methyl sites for hydroxylation is 1. The number of fused-ring (bicyclic) bond motifs is 1. The van der Waals surface area contributed by atoms with Gasteiger partial charge in [-0.15, -0.1) is 0 Å². The van der Waals surface area contributed by atoms with Gasteiger partial charge in [0, 0.05) is 24.2 Å². The Morgan fingerprint density at radius 3 is 2.65 bits per heavy atom. The van der Waals surface area contributed by atoms with E-state index in [-0.39, 0.29) is 42.0 Å². The van der Waals surface area contributed by atoms with Crippen molar-refractivity contribution >= 4 is 17.7 Å². The van der Waals surface area contributed by atoms with E-state index in [1.165, 1.54) is 0 Å². The summed E-state index contributed by atoms with van der Waals surface area (Å²) in [6.07, 6.45) is 3.40. The third kappa shape index (κ3) is 4.61. The molecule has 2 aromatic rings. The van der Waals surface area contributed by atoms with E-state index >= 15 is 0 Å². The Labute approximate surface area is 182 Å². The highest BCUT2D eigenvalue weighted by atomic mass is 16.6. The molecule has 0 N–H and O–H groups in total. The molecule has 5 heteroatoms. The lowest BCUT2D eigenvalue weighted by atomic mass is 9.89. The Kier molecular flexibility index (Phi) is 6.03. The molecule has 2 aliphatic rings. The first-order chi connectivity index (χ1) is 14.9. The van der Waals surface area contributed by atoms with E-state index in [9.17, 15) is 14.4 Å². The van der Waals surface area contributed by atoms with Gasteiger partial charge in [0.05, 0.1) is 12.0 Å². The first kappa shape index (κ1) is 21.0.